The summed E-state index contributed by atoms with van der Waals surface area (Å²) in [6.07, 6.45) is 0. The lowest BCUT2D eigenvalue weighted by Crippen LogP contribution is -2.02. The van der Waals surface area contributed by atoms with Crippen LogP contribution in [0.15, 0.2) is 218 Å². The molecule has 9 aromatic carbocycles. The third kappa shape index (κ3) is 5.41. The van der Waals surface area contributed by atoms with Crippen LogP contribution in [0.1, 0.15) is 0 Å². The summed E-state index contributed by atoms with van der Waals surface area (Å²) in [5.41, 5.74) is 12.8. The predicted molar refractivity (Wildman–Crippen MR) is 259 cm³/mol. The molecule has 0 saturated heterocycles. The van der Waals surface area contributed by atoms with Crippen molar-refractivity contribution in [3.05, 3.63) is 218 Å². The Balaban J connectivity index is 1.19. The van der Waals surface area contributed by atoms with Crippen molar-refractivity contribution in [2.24, 2.45) is 0 Å². The summed E-state index contributed by atoms with van der Waals surface area (Å²) >= 11 is 0. The number of para-hydroxylation sites is 5. The second-order valence-corrected chi connectivity index (χ2v) is 16.0. The van der Waals surface area contributed by atoms with E-state index in [2.05, 4.69) is 196 Å². The predicted octanol–water partition coefficient (Wildman–Crippen LogP) is 14.2. The molecule has 0 saturated carbocycles. The van der Waals surface area contributed by atoms with Crippen LogP contribution in [0.3, 0.4) is 0 Å². The second kappa shape index (κ2) is 14.0. The molecule has 294 valence electrons. The van der Waals surface area contributed by atoms with Crippen LogP contribution in [0, 0.1) is 0 Å². The fourth-order valence-electron chi connectivity index (χ4n) is 9.78. The van der Waals surface area contributed by atoms with Gasteiger partial charge in [0.05, 0.1) is 33.1 Å². The third-order valence-corrected chi connectivity index (χ3v) is 12.5. The Bertz CT molecular complexity index is 3830. The minimum atomic E-state index is 0.608. The zero-order valence-corrected chi connectivity index (χ0v) is 34.0. The van der Waals surface area contributed by atoms with Crippen LogP contribution in [-0.4, -0.2) is 28.7 Å². The van der Waals surface area contributed by atoms with Crippen LogP contribution in [-0.2, 0) is 0 Å². The minimum absolute atomic E-state index is 0.608. The molecule has 6 heteroatoms. The van der Waals surface area contributed by atoms with E-state index in [4.69, 9.17) is 15.0 Å². The lowest BCUT2D eigenvalue weighted by molar-refractivity contribution is 1.07. The Hall–Kier alpha value is -8.61. The van der Waals surface area contributed by atoms with Gasteiger partial charge >= 0.3 is 0 Å². The van der Waals surface area contributed by atoms with Crippen LogP contribution < -0.4 is 0 Å². The summed E-state index contributed by atoms with van der Waals surface area (Å²) in [5, 5.41) is 7.09. The van der Waals surface area contributed by atoms with E-state index in [-0.39, 0.29) is 0 Å². The van der Waals surface area contributed by atoms with Crippen molar-refractivity contribution in [3.63, 3.8) is 0 Å². The molecule has 0 aliphatic rings. The molecule has 13 rings (SSSR count). The maximum absolute atomic E-state index is 5.30. The van der Waals surface area contributed by atoms with Crippen molar-refractivity contribution >= 4 is 65.4 Å². The van der Waals surface area contributed by atoms with Crippen LogP contribution in [0.2, 0.25) is 0 Å². The molecule has 0 aliphatic heterocycles. The van der Waals surface area contributed by atoms with Crippen LogP contribution in [0.4, 0.5) is 0 Å². The molecule has 0 radical (unpaired) electrons. The smallest absolute Gasteiger partial charge is 0.166 e. The Morgan fingerprint density at radius 3 is 1.40 bits per heavy atom. The van der Waals surface area contributed by atoms with Crippen molar-refractivity contribution in [1.82, 2.24) is 28.7 Å². The third-order valence-electron chi connectivity index (χ3n) is 12.5. The monoisotopic (exact) mass is 804 g/mol. The molecular weight excluding hydrogens is 769 g/mol. The van der Waals surface area contributed by atoms with Crippen molar-refractivity contribution < 1.29 is 0 Å². The normalized spacial score (nSPS) is 11.8. The highest BCUT2D eigenvalue weighted by molar-refractivity contribution is 6.27. The number of aromatic nitrogens is 6. The highest BCUT2D eigenvalue weighted by Gasteiger charge is 2.25. The van der Waals surface area contributed by atoms with E-state index in [0.717, 1.165) is 72.1 Å². The number of hydrogen-bond acceptors (Lipinski definition) is 3. The molecule has 0 aliphatic carbocycles. The van der Waals surface area contributed by atoms with Gasteiger partial charge in [0, 0.05) is 66.1 Å². The molecule has 63 heavy (non-hydrogen) atoms. The van der Waals surface area contributed by atoms with Crippen LogP contribution >= 0.6 is 0 Å². The van der Waals surface area contributed by atoms with Crippen LogP contribution in [0.25, 0.3) is 117 Å². The summed E-state index contributed by atoms with van der Waals surface area (Å²) in [5.74, 6) is 1.86. The molecule has 0 amide bonds. The number of benzene rings is 9. The SMILES string of the molecule is c1ccc(-c2nc(-c3ccccc3)nc(-c3cccc4c5c(ccc6c7ccccc7n(-c7ccccc7)c65)n(-c5ccc6c7ccccc7n(-c7ccccc7)c6c5)c34)n2)cc1. The molecule has 6 nitrogen and oxygen atoms in total. The van der Waals surface area contributed by atoms with Crippen molar-refractivity contribution in [2.75, 3.05) is 0 Å². The van der Waals surface area contributed by atoms with Gasteiger partial charge in [0.15, 0.2) is 17.5 Å². The number of hydrogen-bond donors (Lipinski definition) is 0. The molecule has 4 heterocycles. The number of fused-ring (bicyclic) bond motifs is 10. The number of nitrogens with zero attached hydrogens (tertiary/aromatic N) is 6. The molecule has 13 aromatic rings. The zero-order chi connectivity index (χ0) is 41.4. The Morgan fingerprint density at radius 1 is 0.270 bits per heavy atom. The van der Waals surface area contributed by atoms with Gasteiger partial charge < -0.3 is 13.7 Å². The average molecular weight is 805 g/mol. The first kappa shape index (κ1) is 35.2. The molecule has 4 aromatic heterocycles. The van der Waals surface area contributed by atoms with Gasteiger partial charge in [-0.1, -0.05) is 158 Å². The van der Waals surface area contributed by atoms with Gasteiger partial charge in [-0.05, 0) is 60.7 Å². The molecule has 0 bridgehead atoms. The van der Waals surface area contributed by atoms with E-state index < -0.39 is 0 Å². The van der Waals surface area contributed by atoms with Gasteiger partial charge in [0.2, 0.25) is 0 Å². The van der Waals surface area contributed by atoms with E-state index >= 15 is 0 Å². The Labute approximate surface area is 362 Å². The quantitative estimate of drug-likeness (QED) is 0.168. The topological polar surface area (TPSA) is 53.5 Å². The zero-order valence-electron chi connectivity index (χ0n) is 34.0. The maximum Gasteiger partial charge on any atom is 0.166 e. The van der Waals surface area contributed by atoms with Gasteiger partial charge in [-0.25, -0.2) is 15.0 Å². The van der Waals surface area contributed by atoms with Gasteiger partial charge in [-0.15, -0.1) is 0 Å². The molecule has 0 unspecified atom stereocenters. The summed E-state index contributed by atoms with van der Waals surface area (Å²) < 4.78 is 7.26. The molecule has 0 fully saturated rings. The van der Waals surface area contributed by atoms with Crippen LogP contribution in [0.5, 0.6) is 0 Å². The highest BCUT2D eigenvalue weighted by atomic mass is 15.1. The first-order chi connectivity index (χ1) is 31.3. The lowest BCUT2D eigenvalue weighted by Gasteiger charge is -2.14. The second-order valence-electron chi connectivity index (χ2n) is 16.0. The number of rotatable bonds is 6. The summed E-state index contributed by atoms with van der Waals surface area (Å²) in [7, 11) is 0. The largest absolute Gasteiger partial charge is 0.309 e. The average Bonchev–Trinajstić information content (AvgIpc) is 4.00. The highest BCUT2D eigenvalue weighted by Crippen LogP contribution is 2.45. The van der Waals surface area contributed by atoms with Gasteiger partial charge in [-0.3, -0.25) is 0 Å². The summed E-state index contributed by atoms with van der Waals surface area (Å²) in [6, 6.07) is 77.3. The van der Waals surface area contributed by atoms with Gasteiger partial charge in [0.1, 0.15) is 0 Å². The van der Waals surface area contributed by atoms with E-state index in [0.29, 0.717) is 17.5 Å². The lowest BCUT2D eigenvalue weighted by atomic mass is 10.1. The van der Waals surface area contributed by atoms with Crippen molar-refractivity contribution in [1.29, 1.82) is 0 Å². The summed E-state index contributed by atoms with van der Waals surface area (Å²) in [4.78, 5) is 15.7. The fraction of sp³-hybridized carbons (Fsp3) is 0. The van der Waals surface area contributed by atoms with E-state index in [1.165, 1.54) is 27.1 Å². The van der Waals surface area contributed by atoms with Gasteiger partial charge in [-0.2, -0.15) is 0 Å². The van der Waals surface area contributed by atoms with E-state index in [1.54, 1.807) is 0 Å². The van der Waals surface area contributed by atoms with Crippen molar-refractivity contribution in [2.45, 2.75) is 0 Å². The minimum Gasteiger partial charge on any atom is -0.309 e. The Kier molecular flexibility index (Phi) is 7.80. The van der Waals surface area contributed by atoms with E-state index in [9.17, 15) is 0 Å². The molecule has 0 atom stereocenters. The molecular formula is C57H36N6. The fourth-order valence-corrected chi connectivity index (χ4v) is 9.78. The van der Waals surface area contributed by atoms with Crippen molar-refractivity contribution in [3.8, 4) is 51.2 Å². The van der Waals surface area contributed by atoms with Gasteiger partial charge in [0.25, 0.3) is 0 Å². The first-order valence-corrected chi connectivity index (χ1v) is 21.3. The maximum atomic E-state index is 5.30. The standard InChI is InChI=1S/C57H36N6/c1-5-18-37(19-6-1)55-58-56(38-20-7-2-8-21-38)60-57(59-55)47-29-17-28-46-52-50(35-34-45-43-27-14-16-31-49(43)62(54(45)52)40-24-11-4-12-25-40)63(53(46)47)41-32-33-44-42-26-13-15-30-48(42)61(51(44)36-41)39-22-9-3-10-23-39/h1-36H. The van der Waals surface area contributed by atoms with E-state index in [1.807, 2.05) is 36.4 Å². The molecule has 0 N–H and O–H groups in total. The summed E-state index contributed by atoms with van der Waals surface area (Å²) in [6.45, 7) is 0. The molecule has 0 spiro atoms. The Morgan fingerprint density at radius 2 is 0.746 bits per heavy atom. The first-order valence-electron chi connectivity index (χ1n) is 21.3.